The molecule has 0 saturated heterocycles. The van der Waals surface area contributed by atoms with Crippen LogP contribution < -0.4 is 0 Å². The second kappa shape index (κ2) is 42.6. The molecule has 0 N–H and O–H groups in total. The first kappa shape index (κ1) is 52.4. The van der Waals surface area contributed by atoms with Crippen molar-refractivity contribution in [2.75, 3.05) is 13.2 Å². The van der Waals surface area contributed by atoms with Gasteiger partial charge in [-0.25, -0.2) is 0 Å². The molecule has 320 valence electrons. The molecular formula is C48H92O6. The van der Waals surface area contributed by atoms with Gasteiger partial charge < -0.3 is 14.2 Å². The predicted octanol–water partition coefficient (Wildman–Crippen LogP) is 15.1. The smallest absolute Gasteiger partial charge is 0.306 e. The Labute approximate surface area is 336 Å². The highest BCUT2D eigenvalue weighted by atomic mass is 16.6. The van der Waals surface area contributed by atoms with Crippen LogP contribution in [0.4, 0.5) is 0 Å². The number of hydrogen-bond donors (Lipinski definition) is 0. The maximum Gasteiger partial charge on any atom is 0.306 e. The van der Waals surface area contributed by atoms with Gasteiger partial charge >= 0.3 is 17.9 Å². The fourth-order valence-electron chi connectivity index (χ4n) is 7.16. The highest BCUT2D eigenvalue weighted by Gasteiger charge is 2.19. The minimum Gasteiger partial charge on any atom is -0.462 e. The first-order valence-corrected chi connectivity index (χ1v) is 23.9. The molecule has 54 heavy (non-hydrogen) atoms. The molecule has 0 amide bonds. The molecule has 0 spiro atoms. The topological polar surface area (TPSA) is 78.9 Å². The highest BCUT2D eigenvalue weighted by Crippen LogP contribution is 2.16. The summed E-state index contributed by atoms with van der Waals surface area (Å²) in [5.74, 6) is -0.0772. The van der Waals surface area contributed by atoms with Crippen molar-refractivity contribution in [2.24, 2.45) is 5.92 Å². The number of carbonyl (C=O) groups is 3. The maximum absolute atomic E-state index is 12.7. The van der Waals surface area contributed by atoms with Gasteiger partial charge in [-0.15, -0.1) is 0 Å². The van der Waals surface area contributed by atoms with E-state index in [0.29, 0.717) is 19.3 Å². The average Bonchev–Trinajstić information content (AvgIpc) is 3.15. The second-order valence-electron chi connectivity index (χ2n) is 16.9. The van der Waals surface area contributed by atoms with Crippen molar-refractivity contribution in [3.63, 3.8) is 0 Å². The number of carbonyl (C=O) groups excluding carboxylic acids is 3. The Kier molecular flexibility index (Phi) is 41.3. The molecule has 0 radical (unpaired) electrons. The van der Waals surface area contributed by atoms with Crippen molar-refractivity contribution in [3.05, 3.63) is 0 Å². The van der Waals surface area contributed by atoms with Crippen LogP contribution in [0.25, 0.3) is 0 Å². The largest absolute Gasteiger partial charge is 0.462 e. The fourth-order valence-corrected chi connectivity index (χ4v) is 7.16. The SMILES string of the molecule is CCCCCCCCCCCCCCCCCCC(=O)OC[C@@H](COC(=O)CCCCCCCCCCCC)OC(=O)CCCCCCCCCC(C)C. The van der Waals surface area contributed by atoms with Gasteiger partial charge in [0.1, 0.15) is 13.2 Å². The number of rotatable bonds is 43. The molecule has 0 fully saturated rings. The Morgan fingerprint density at radius 2 is 0.611 bits per heavy atom. The highest BCUT2D eigenvalue weighted by molar-refractivity contribution is 5.71. The minimum atomic E-state index is -0.759. The monoisotopic (exact) mass is 765 g/mol. The number of unbranched alkanes of at least 4 members (excludes halogenated alkanes) is 30. The van der Waals surface area contributed by atoms with E-state index in [-0.39, 0.29) is 31.1 Å². The lowest BCUT2D eigenvalue weighted by Crippen LogP contribution is -2.30. The van der Waals surface area contributed by atoms with Gasteiger partial charge in [-0.2, -0.15) is 0 Å². The first-order valence-electron chi connectivity index (χ1n) is 23.9. The maximum atomic E-state index is 12.7. The summed E-state index contributed by atoms with van der Waals surface area (Å²) in [6, 6.07) is 0. The van der Waals surface area contributed by atoms with Crippen LogP contribution in [0.3, 0.4) is 0 Å². The summed E-state index contributed by atoms with van der Waals surface area (Å²) in [5, 5.41) is 0. The quantitative estimate of drug-likeness (QED) is 0.0349. The summed E-state index contributed by atoms with van der Waals surface area (Å²) >= 11 is 0. The summed E-state index contributed by atoms with van der Waals surface area (Å²) in [4.78, 5) is 37.7. The van der Waals surface area contributed by atoms with Gasteiger partial charge in [0.25, 0.3) is 0 Å². The lowest BCUT2D eigenvalue weighted by molar-refractivity contribution is -0.167. The number of hydrogen-bond acceptors (Lipinski definition) is 6. The van der Waals surface area contributed by atoms with Crippen molar-refractivity contribution < 1.29 is 28.6 Å². The third-order valence-electron chi connectivity index (χ3n) is 10.8. The van der Waals surface area contributed by atoms with Gasteiger partial charge in [0, 0.05) is 19.3 Å². The lowest BCUT2D eigenvalue weighted by atomic mass is 10.0. The fraction of sp³-hybridized carbons (Fsp3) is 0.938. The second-order valence-corrected chi connectivity index (χ2v) is 16.9. The molecule has 0 aliphatic carbocycles. The molecule has 0 aliphatic heterocycles. The molecule has 0 aliphatic rings. The third kappa shape index (κ3) is 41.6. The van der Waals surface area contributed by atoms with Crippen LogP contribution >= 0.6 is 0 Å². The molecule has 0 aromatic carbocycles. The Bertz CT molecular complexity index is 811. The summed E-state index contributed by atoms with van der Waals surface area (Å²) in [5.41, 5.74) is 0. The van der Waals surface area contributed by atoms with E-state index in [1.54, 1.807) is 0 Å². The van der Waals surface area contributed by atoms with Gasteiger partial charge in [-0.05, 0) is 25.2 Å². The molecule has 1 atom stereocenters. The molecule has 0 heterocycles. The normalized spacial score (nSPS) is 11.9. The van der Waals surface area contributed by atoms with E-state index >= 15 is 0 Å². The van der Waals surface area contributed by atoms with Crippen molar-refractivity contribution in [1.82, 2.24) is 0 Å². The zero-order chi connectivity index (χ0) is 39.6. The molecule has 6 nitrogen and oxygen atoms in total. The summed E-state index contributed by atoms with van der Waals surface area (Å²) in [6.07, 6.45) is 42.4. The van der Waals surface area contributed by atoms with E-state index in [9.17, 15) is 14.4 Å². The molecule has 0 rings (SSSR count). The predicted molar refractivity (Wildman–Crippen MR) is 229 cm³/mol. The van der Waals surface area contributed by atoms with E-state index in [1.807, 2.05) is 0 Å². The van der Waals surface area contributed by atoms with Crippen molar-refractivity contribution >= 4 is 17.9 Å². The van der Waals surface area contributed by atoms with Crippen molar-refractivity contribution in [1.29, 1.82) is 0 Å². The zero-order valence-electron chi connectivity index (χ0n) is 36.7. The van der Waals surface area contributed by atoms with Gasteiger partial charge in [-0.1, -0.05) is 227 Å². The number of esters is 3. The van der Waals surface area contributed by atoms with Gasteiger partial charge in [0.15, 0.2) is 6.10 Å². The van der Waals surface area contributed by atoms with Crippen molar-refractivity contribution in [2.45, 2.75) is 271 Å². The lowest BCUT2D eigenvalue weighted by Gasteiger charge is -2.18. The minimum absolute atomic E-state index is 0.0641. The van der Waals surface area contributed by atoms with Crippen molar-refractivity contribution in [3.8, 4) is 0 Å². The van der Waals surface area contributed by atoms with Gasteiger partial charge in [0.2, 0.25) is 0 Å². The van der Waals surface area contributed by atoms with Crippen LogP contribution in [-0.4, -0.2) is 37.2 Å². The summed E-state index contributed by atoms with van der Waals surface area (Å²) in [7, 11) is 0. The molecular weight excluding hydrogens is 673 g/mol. The Morgan fingerprint density at radius 3 is 0.907 bits per heavy atom. The van der Waals surface area contributed by atoms with Gasteiger partial charge in [0.05, 0.1) is 0 Å². The standard InChI is InChI=1S/C48H92O6/c1-5-7-9-11-13-15-17-18-19-20-21-22-24-28-32-36-40-47(50)53-43-45(54-48(51)41-37-33-29-25-26-30-34-38-44(3)4)42-52-46(49)39-35-31-27-23-16-14-12-10-8-6-2/h44-45H,5-43H2,1-4H3/t45-/m1/s1. The van der Waals surface area contributed by atoms with E-state index in [0.717, 1.165) is 63.7 Å². The number of ether oxygens (including phenoxy) is 3. The van der Waals surface area contributed by atoms with Crippen LogP contribution in [0.5, 0.6) is 0 Å². The Morgan fingerprint density at radius 1 is 0.352 bits per heavy atom. The van der Waals surface area contributed by atoms with Crippen LogP contribution in [0, 0.1) is 5.92 Å². The zero-order valence-corrected chi connectivity index (χ0v) is 36.7. The van der Waals surface area contributed by atoms with E-state index in [4.69, 9.17) is 14.2 Å². The van der Waals surface area contributed by atoms with Crippen LogP contribution in [0.15, 0.2) is 0 Å². The first-order chi connectivity index (χ1) is 26.4. The Hall–Kier alpha value is -1.59. The molecule has 0 aromatic heterocycles. The molecule has 6 heteroatoms. The molecule has 0 bridgehead atoms. The average molecular weight is 765 g/mol. The van der Waals surface area contributed by atoms with E-state index in [1.165, 1.54) is 161 Å². The molecule has 0 aromatic rings. The van der Waals surface area contributed by atoms with Crippen LogP contribution in [-0.2, 0) is 28.6 Å². The Balaban J connectivity index is 4.26. The summed E-state index contributed by atoms with van der Waals surface area (Å²) < 4.78 is 16.7. The van der Waals surface area contributed by atoms with Gasteiger partial charge in [-0.3, -0.25) is 14.4 Å². The molecule has 0 saturated carbocycles. The van der Waals surface area contributed by atoms with E-state index < -0.39 is 6.10 Å². The third-order valence-corrected chi connectivity index (χ3v) is 10.8. The summed E-state index contributed by atoms with van der Waals surface area (Å²) in [6.45, 7) is 8.95. The van der Waals surface area contributed by atoms with Crippen LogP contribution in [0.2, 0.25) is 0 Å². The van der Waals surface area contributed by atoms with E-state index in [2.05, 4.69) is 27.7 Å². The van der Waals surface area contributed by atoms with Crippen LogP contribution in [0.1, 0.15) is 265 Å². The molecule has 0 unspecified atom stereocenters.